The number of likely N-dealkylation sites (N-methyl/N-ethyl adjacent to an activating group) is 1. The predicted molar refractivity (Wildman–Crippen MR) is 88.7 cm³/mol. The highest BCUT2D eigenvalue weighted by atomic mass is 19.1. The van der Waals surface area contributed by atoms with Crippen LogP contribution in [0.1, 0.15) is 17.2 Å². The molecule has 2 N–H and O–H groups in total. The number of aliphatic hydroxyl groups is 1. The normalized spacial score (nSPS) is 12.2. The molecule has 122 valence electrons. The first kappa shape index (κ1) is 17.1. The van der Waals surface area contributed by atoms with Gasteiger partial charge in [-0.1, -0.05) is 24.3 Å². The van der Waals surface area contributed by atoms with E-state index in [2.05, 4.69) is 5.32 Å². The van der Waals surface area contributed by atoms with Crippen LogP contribution in [0.15, 0.2) is 48.5 Å². The number of para-hydroxylation sites is 1. The molecular formula is C18H21FN2O2. The lowest BCUT2D eigenvalue weighted by atomic mass is 10.0. The second-order valence-electron chi connectivity index (χ2n) is 5.63. The van der Waals surface area contributed by atoms with Gasteiger partial charge in [-0.15, -0.1) is 0 Å². The first-order valence-electron chi connectivity index (χ1n) is 7.43. The van der Waals surface area contributed by atoms with Crippen LogP contribution in [0.25, 0.3) is 0 Å². The van der Waals surface area contributed by atoms with Gasteiger partial charge in [0.05, 0.1) is 12.6 Å². The summed E-state index contributed by atoms with van der Waals surface area (Å²) in [6.45, 7) is 2.20. The Labute approximate surface area is 135 Å². The Morgan fingerprint density at radius 1 is 1.26 bits per heavy atom. The molecule has 1 atom stereocenters. The number of hydrogen-bond acceptors (Lipinski definition) is 3. The summed E-state index contributed by atoms with van der Waals surface area (Å²) < 4.78 is 13.1. The highest BCUT2D eigenvalue weighted by molar-refractivity contribution is 5.92. The number of benzene rings is 2. The van der Waals surface area contributed by atoms with Crippen molar-refractivity contribution < 1.29 is 14.3 Å². The van der Waals surface area contributed by atoms with Crippen LogP contribution in [0, 0.1) is 12.7 Å². The molecule has 0 aliphatic rings. The van der Waals surface area contributed by atoms with E-state index in [-0.39, 0.29) is 24.8 Å². The van der Waals surface area contributed by atoms with Crippen LogP contribution in [0.3, 0.4) is 0 Å². The van der Waals surface area contributed by atoms with E-state index >= 15 is 0 Å². The van der Waals surface area contributed by atoms with Crippen molar-refractivity contribution in [1.82, 2.24) is 4.90 Å². The Morgan fingerprint density at radius 3 is 2.61 bits per heavy atom. The van der Waals surface area contributed by atoms with Crippen molar-refractivity contribution in [3.05, 3.63) is 65.5 Å². The lowest BCUT2D eigenvalue weighted by Crippen LogP contribution is -2.33. The topological polar surface area (TPSA) is 52.6 Å². The number of aliphatic hydroxyl groups excluding tert-OH is 1. The molecule has 0 saturated carbocycles. The van der Waals surface area contributed by atoms with E-state index in [9.17, 15) is 14.3 Å². The van der Waals surface area contributed by atoms with Gasteiger partial charge in [0.1, 0.15) is 5.82 Å². The lowest BCUT2D eigenvalue weighted by molar-refractivity contribution is -0.117. The Kier molecular flexibility index (Phi) is 5.84. The Morgan fingerprint density at radius 2 is 1.96 bits per heavy atom. The molecular weight excluding hydrogens is 295 g/mol. The van der Waals surface area contributed by atoms with Gasteiger partial charge in [-0.3, -0.25) is 9.69 Å². The molecule has 2 aromatic carbocycles. The van der Waals surface area contributed by atoms with Gasteiger partial charge in [0, 0.05) is 12.2 Å². The summed E-state index contributed by atoms with van der Waals surface area (Å²) in [6.07, 6.45) is -0.773. The quantitative estimate of drug-likeness (QED) is 0.861. The molecule has 5 heteroatoms. The number of amides is 1. The van der Waals surface area contributed by atoms with Crippen molar-refractivity contribution in [2.45, 2.75) is 13.0 Å². The minimum Gasteiger partial charge on any atom is -0.387 e. The zero-order valence-electron chi connectivity index (χ0n) is 13.3. The summed E-state index contributed by atoms with van der Waals surface area (Å²) in [5, 5.41) is 13.1. The first-order chi connectivity index (χ1) is 11.0. The van der Waals surface area contributed by atoms with Crippen molar-refractivity contribution in [1.29, 1.82) is 0 Å². The number of hydrogen-bond donors (Lipinski definition) is 2. The van der Waals surface area contributed by atoms with Gasteiger partial charge in [-0.2, -0.15) is 0 Å². The molecule has 2 aromatic rings. The maximum Gasteiger partial charge on any atom is 0.238 e. The van der Waals surface area contributed by atoms with E-state index in [0.717, 1.165) is 5.69 Å². The average Bonchev–Trinajstić information content (AvgIpc) is 2.47. The van der Waals surface area contributed by atoms with Crippen LogP contribution in [-0.4, -0.2) is 36.1 Å². The van der Waals surface area contributed by atoms with Crippen LogP contribution in [0.4, 0.5) is 10.1 Å². The smallest absolute Gasteiger partial charge is 0.238 e. The molecule has 0 saturated heterocycles. The maximum absolute atomic E-state index is 13.1. The number of carbonyl (C=O) groups is 1. The third kappa shape index (κ3) is 5.16. The van der Waals surface area contributed by atoms with Crippen molar-refractivity contribution in [3.8, 4) is 0 Å². The van der Waals surface area contributed by atoms with Gasteiger partial charge in [-0.25, -0.2) is 4.39 Å². The summed E-state index contributed by atoms with van der Waals surface area (Å²) in [5.41, 5.74) is 2.10. The summed E-state index contributed by atoms with van der Waals surface area (Å²) in [6, 6.07) is 13.5. The fraction of sp³-hybridized carbons (Fsp3) is 0.278. The molecule has 0 fully saturated rings. The SMILES string of the molecule is Cc1cc(F)ccc1C(O)CN(C)CC(=O)Nc1ccccc1. The molecule has 0 aromatic heterocycles. The van der Waals surface area contributed by atoms with Crippen LogP contribution in [0.5, 0.6) is 0 Å². The second kappa shape index (κ2) is 7.85. The molecule has 23 heavy (non-hydrogen) atoms. The molecule has 0 radical (unpaired) electrons. The molecule has 1 unspecified atom stereocenters. The molecule has 0 spiro atoms. The van der Waals surface area contributed by atoms with Crippen LogP contribution in [-0.2, 0) is 4.79 Å². The molecule has 0 bridgehead atoms. The average molecular weight is 316 g/mol. The van der Waals surface area contributed by atoms with Crippen molar-refractivity contribution in [2.24, 2.45) is 0 Å². The zero-order chi connectivity index (χ0) is 16.8. The number of nitrogens with zero attached hydrogens (tertiary/aromatic N) is 1. The lowest BCUT2D eigenvalue weighted by Gasteiger charge is -2.21. The second-order valence-corrected chi connectivity index (χ2v) is 5.63. The third-order valence-electron chi connectivity index (χ3n) is 3.55. The molecule has 1 amide bonds. The van der Waals surface area contributed by atoms with Crippen LogP contribution >= 0.6 is 0 Å². The predicted octanol–water partition coefficient (Wildman–Crippen LogP) is 2.74. The fourth-order valence-corrected chi connectivity index (χ4v) is 2.44. The van der Waals surface area contributed by atoms with E-state index in [1.54, 1.807) is 24.9 Å². The number of nitrogens with one attached hydrogen (secondary N) is 1. The summed E-state index contributed by atoms with van der Waals surface area (Å²) in [4.78, 5) is 13.7. The largest absolute Gasteiger partial charge is 0.387 e. The van der Waals surface area contributed by atoms with Gasteiger partial charge >= 0.3 is 0 Å². The van der Waals surface area contributed by atoms with Gasteiger partial charge in [0.15, 0.2) is 0 Å². The minimum absolute atomic E-state index is 0.151. The minimum atomic E-state index is -0.773. The van der Waals surface area contributed by atoms with E-state index < -0.39 is 6.10 Å². The number of aryl methyl sites for hydroxylation is 1. The summed E-state index contributed by atoms with van der Waals surface area (Å²) >= 11 is 0. The van der Waals surface area contributed by atoms with Crippen LogP contribution < -0.4 is 5.32 Å². The number of carbonyl (C=O) groups excluding carboxylic acids is 1. The Hall–Kier alpha value is -2.24. The third-order valence-corrected chi connectivity index (χ3v) is 3.55. The van der Waals surface area contributed by atoms with Gasteiger partial charge in [-0.05, 0) is 49.4 Å². The molecule has 0 aliphatic carbocycles. The molecule has 2 rings (SSSR count). The monoisotopic (exact) mass is 316 g/mol. The number of rotatable bonds is 6. The highest BCUT2D eigenvalue weighted by Crippen LogP contribution is 2.19. The maximum atomic E-state index is 13.1. The Bertz CT molecular complexity index is 661. The van der Waals surface area contributed by atoms with Gasteiger partial charge in [0.2, 0.25) is 5.91 Å². The highest BCUT2D eigenvalue weighted by Gasteiger charge is 2.15. The van der Waals surface area contributed by atoms with E-state index in [0.29, 0.717) is 11.1 Å². The van der Waals surface area contributed by atoms with Gasteiger partial charge < -0.3 is 10.4 Å². The Balaban J connectivity index is 1.88. The van der Waals surface area contributed by atoms with E-state index in [1.807, 2.05) is 30.3 Å². The van der Waals surface area contributed by atoms with Gasteiger partial charge in [0.25, 0.3) is 0 Å². The molecule has 0 heterocycles. The van der Waals surface area contributed by atoms with E-state index in [4.69, 9.17) is 0 Å². The zero-order valence-corrected chi connectivity index (χ0v) is 13.3. The van der Waals surface area contributed by atoms with Crippen molar-refractivity contribution >= 4 is 11.6 Å². The first-order valence-corrected chi connectivity index (χ1v) is 7.43. The molecule has 4 nitrogen and oxygen atoms in total. The van der Waals surface area contributed by atoms with Crippen molar-refractivity contribution in [2.75, 3.05) is 25.5 Å². The number of anilines is 1. The number of halogens is 1. The van der Waals surface area contributed by atoms with E-state index in [1.165, 1.54) is 12.1 Å². The standard InChI is InChI=1S/C18H21FN2O2/c1-13-10-14(19)8-9-16(13)17(22)11-21(2)12-18(23)20-15-6-4-3-5-7-15/h3-10,17,22H,11-12H2,1-2H3,(H,20,23). The summed E-state index contributed by atoms with van der Waals surface area (Å²) in [7, 11) is 1.76. The summed E-state index contributed by atoms with van der Waals surface area (Å²) in [5.74, 6) is -0.476. The van der Waals surface area contributed by atoms with Crippen LogP contribution in [0.2, 0.25) is 0 Å². The fourth-order valence-electron chi connectivity index (χ4n) is 2.44. The van der Waals surface area contributed by atoms with Crippen molar-refractivity contribution in [3.63, 3.8) is 0 Å². The molecule has 0 aliphatic heterocycles.